The van der Waals surface area contributed by atoms with Crippen molar-refractivity contribution in [2.75, 3.05) is 7.05 Å². The molecule has 130 valence electrons. The molecule has 0 spiro atoms. The number of carbonyl (C=O) groups is 2. The van der Waals surface area contributed by atoms with E-state index in [9.17, 15) is 9.59 Å². The summed E-state index contributed by atoms with van der Waals surface area (Å²) in [5.74, 6) is -1.50. The van der Waals surface area contributed by atoms with Crippen molar-refractivity contribution in [1.29, 1.82) is 0 Å². The molecule has 0 saturated carbocycles. The van der Waals surface area contributed by atoms with E-state index in [0.717, 1.165) is 22.9 Å². The summed E-state index contributed by atoms with van der Waals surface area (Å²) in [4.78, 5) is 32.6. The van der Waals surface area contributed by atoms with Crippen LogP contribution < -0.4 is 0 Å². The Morgan fingerprint density at radius 1 is 0.923 bits per heavy atom. The predicted molar refractivity (Wildman–Crippen MR) is 96.7 cm³/mol. The van der Waals surface area contributed by atoms with Gasteiger partial charge in [-0.15, -0.1) is 0 Å². The number of carbonyl (C=O) groups excluding carboxylic acids is 1. The number of carboxylic acid groups (broad SMARTS) is 1. The lowest BCUT2D eigenvalue weighted by Gasteiger charge is -2.19. The van der Waals surface area contributed by atoms with Crippen molar-refractivity contribution in [2.45, 2.75) is 6.54 Å². The summed E-state index contributed by atoms with van der Waals surface area (Å²) in [6.45, 7) is 0.395. The van der Waals surface area contributed by atoms with Gasteiger partial charge in [-0.25, -0.2) is 14.8 Å². The van der Waals surface area contributed by atoms with E-state index in [4.69, 9.17) is 5.11 Å². The molecule has 0 atom stereocenters. The quantitative estimate of drug-likeness (QED) is 0.767. The zero-order chi connectivity index (χ0) is 18.5. The third-order valence-electron chi connectivity index (χ3n) is 3.95. The molecule has 3 rings (SSSR count). The smallest absolute Gasteiger partial charge is 0.356 e. The predicted octanol–water partition coefficient (Wildman–Crippen LogP) is 3.11. The SMILES string of the molecule is CN(Cc1ccccc1-c1ccccc1)C(=O)c1cnc(C(=O)O)cn1. The standard InChI is InChI=1S/C20H17N3O3/c1-23(19(24)17-11-22-18(12-21-17)20(25)26)13-15-9-5-6-10-16(15)14-7-3-2-4-8-14/h2-12H,13H2,1H3,(H,25,26). The van der Waals surface area contributed by atoms with Crippen molar-refractivity contribution >= 4 is 11.9 Å². The second-order valence-corrected chi connectivity index (χ2v) is 5.78. The van der Waals surface area contributed by atoms with Crippen LogP contribution in [0.1, 0.15) is 26.5 Å². The molecule has 0 saturated heterocycles. The number of amides is 1. The third-order valence-corrected chi connectivity index (χ3v) is 3.95. The van der Waals surface area contributed by atoms with Crippen molar-refractivity contribution in [3.05, 3.63) is 83.9 Å². The Morgan fingerprint density at radius 3 is 2.19 bits per heavy atom. The van der Waals surface area contributed by atoms with E-state index in [0.29, 0.717) is 6.54 Å². The first kappa shape index (κ1) is 17.3. The molecule has 0 aliphatic carbocycles. The number of hydrogen-bond donors (Lipinski definition) is 1. The monoisotopic (exact) mass is 347 g/mol. The average molecular weight is 347 g/mol. The topological polar surface area (TPSA) is 83.4 Å². The van der Waals surface area contributed by atoms with Crippen molar-refractivity contribution in [3.8, 4) is 11.1 Å². The van der Waals surface area contributed by atoms with Gasteiger partial charge in [0, 0.05) is 13.6 Å². The molecule has 0 radical (unpaired) electrons. The lowest BCUT2D eigenvalue weighted by molar-refractivity contribution is 0.0687. The van der Waals surface area contributed by atoms with Crippen LogP contribution in [-0.4, -0.2) is 38.9 Å². The van der Waals surface area contributed by atoms with E-state index >= 15 is 0 Å². The minimum atomic E-state index is -1.18. The van der Waals surface area contributed by atoms with Crippen LogP contribution in [0.3, 0.4) is 0 Å². The highest BCUT2D eigenvalue weighted by molar-refractivity contribution is 5.92. The highest BCUT2D eigenvalue weighted by Gasteiger charge is 2.16. The van der Waals surface area contributed by atoms with Gasteiger partial charge in [0.1, 0.15) is 5.69 Å². The summed E-state index contributed by atoms with van der Waals surface area (Å²) in [5.41, 5.74) is 3.05. The average Bonchev–Trinajstić information content (AvgIpc) is 2.68. The number of aromatic nitrogens is 2. The minimum Gasteiger partial charge on any atom is -0.476 e. The summed E-state index contributed by atoms with van der Waals surface area (Å²) >= 11 is 0. The fraction of sp³-hybridized carbons (Fsp3) is 0.100. The van der Waals surface area contributed by atoms with Gasteiger partial charge in [-0.3, -0.25) is 4.79 Å². The van der Waals surface area contributed by atoms with Crippen LogP contribution in [0.5, 0.6) is 0 Å². The van der Waals surface area contributed by atoms with Crippen LogP contribution >= 0.6 is 0 Å². The van der Waals surface area contributed by atoms with Crippen LogP contribution in [-0.2, 0) is 6.54 Å². The van der Waals surface area contributed by atoms with Gasteiger partial charge in [0.05, 0.1) is 12.4 Å². The molecule has 1 amide bonds. The first-order valence-corrected chi connectivity index (χ1v) is 8.00. The number of rotatable bonds is 5. The second-order valence-electron chi connectivity index (χ2n) is 5.78. The molecule has 3 aromatic rings. The second kappa shape index (κ2) is 7.57. The maximum Gasteiger partial charge on any atom is 0.356 e. The van der Waals surface area contributed by atoms with Gasteiger partial charge in [0.15, 0.2) is 5.69 Å². The normalized spacial score (nSPS) is 10.3. The van der Waals surface area contributed by atoms with Crippen molar-refractivity contribution in [3.63, 3.8) is 0 Å². The summed E-state index contributed by atoms with van der Waals surface area (Å²) < 4.78 is 0. The van der Waals surface area contributed by atoms with Crippen LogP contribution in [0.15, 0.2) is 67.0 Å². The zero-order valence-electron chi connectivity index (χ0n) is 14.2. The van der Waals surface area contributed by atoms with Gasteiger partial charge in [-0.1, -0.05) is 54.6 Å². The fourth-order valence-electron chi connectivity index (χ4n) is 2.63. The van der Waals surface area contributed by atoms with E-state index < -0.39 is 5.97 Å². The Hall–Kier alpha value is -3.54. The summed E-state index contributed by atoms with van der Waals surface area (Å²) in [7, 11) is 1.68. The third kappa shape index (κ3) is 3.75. The molecule has 6 nitrogen and oxygen atoms in total. The van der Waals surface area contributed by atoms with Gasteiger partial charge in [0.25, 0.3) is 5.91 Å². The summed E-state index contributed by atoms with van der Waals surface area (Å²) in [5, 5.41) is 8.86. The summed E-state index contributed by atoms with van der Waals surface area (Å²) in [6, 6.07) is 17.8. The lowest BCUT2D eigenvalue weighted by atomic mass is 9.99. The Morgan fingerprint density at radius 2 is 1.54 bits per heavy atom. The maximum absolute atomic E-state index is 12.6. The minimum absolute atomic E-state index is 0.106. The highest BCUT2D eigenvalue weighted by Crippen LogP contribution is 2.24. The Labute approximate surface area is 150 Å². The molecule has 1 aromatic heterocycles. The van der Waals surface area contributed by atoms with Crippen molar-refractivity contribution < 1.29 is 14.7 Å². The van der Waals surface area contributed by atoms with Gasteiger partial charge in [-0.2, -0.15) is 0 Å². The first-order valence-electron chi connectivity index (χ1n) is 8.00. The van der Waals surface area contributed by atoms with Crippen molar-refractivity contribution in [2.24, 2.45) is 0 Å². The number of nitrogens with zero attached hydrogens (tertiary/aromatic N) is 3. The molecule has 2 aromatic carbocycles. The largest absolute Gasteiger partial charge is 0.476 e. The molecule has 0 bridgehead atoms. The van der Waals surface area contributed by atoms with Gasteiger partial charge in [0.2, 0.25) is 0 Å². The number of hydrogen-bond acceptors (Lipinski definition) is 4. The molecule has 1 heterocycles. The van der Waals surface area contributed by atoms with E-state index in [-0.39, 0.29) is 17.3 Å². The van der Waals surface area contributed by atoms with E-state index in [1.165, 1.54) is 11.1 Å². The van der Waals surface area contributed by atoms with Crippen LogP contribution in [0.2, 0.25) is 0 Å². The summed E-state index contributed by atoms with van der Waals surface area (Å²) in [6.07, 6.45) is 2.27. The molecule has 0 aliphatic rings. The zero-order valence-corrected chi connectivity index (χ0v) is 14.2. The van der Waals surface area contributed by atoms with Crippen LogP contribution in [0, 0.1) is 0 Å². The van der Waals surface area contributed by atoms with Crippen molar-refractivity contribution in [1.82, 2.24) is 14.9 Å². The first-order chi connectivity index (χ1) is 12.6. The molecule has 0 aliphatic heterocycles. The van der Waals surface area contributed by atoms with Crippen LogP contribution in [0.4, 0.5) is 0 Å². The van der Waals surface area contributed by atoms with Gasteiger partial charge >= 0.3 is 5.97 Å². The lowest BCUT2D eigenvalue weighted by Crippen LogP contribution is -2.27. The number of aromatic carboxylic acids is 1. The highest BCUT2D eigenvalue weighted by atomic mass is 16.4. The van der Waals surface area contributed by atoms with Gasteiger partial charge in [-0.05, 0) is 16.7 Å². The van der Waals surface area contributed by atoms with Gasteiger partial charge < -0.3 is 10.0 Å². The van der Waals surface area contributed by atoms with Crippen LogP contribution in [0.25, 0.3) is 11.1 Å². The van der Waals surface area contributed by atoms with E-state index in [1.807, 2.05) is 54.6 Å². The Kier molecular flexibility index (Phi) is 5.03. The molecule has 0 fully saturated rings. The fourth-order valence-corrected chi connectivity index (χ4v) is 2.63. The van der Waals surface area contributed by atoms with E-state index in [2.05, 4.69) is 9.97 Å². The number of benzene rings is 2. The molecule has 1 N–H and O–H groups in total. The molecular formula is C20H17N3O3. The number of carboxylic acids is 1. The Bertz CT molecular complexity index is 925. The molecular weight excluding hydrogens is 330 g/mol. The van der Waals surface area contributed by atoms with E-state index in [1.54, 1.807) is 7.05 Å². The maximum atomic E-state index is 12.6. The molecule has 6 heteroatoms. The molecule has 0 unspecified atom stereocenters. The molecule has 26 heavy (non-hydrogen) atoms. The Balaban J connectivity index is 1.81.